The molecule has 0 aromatic carbocycles. The molecule has 1 aliphatic rings. The number of aromatic nitrogens is 1. The molecule has 0 radical (unpaired) electrons. The van der Waals surface area contributed by atoms with Gasteiger partial charge in [0, 0.05) is 29.4 Å². The van der Waals surface area contributed by atoms with Crippen LogP contribution in [0.15, 0.2) is 0 Å². The van der Waals surface area contributed by atoms with Gasteiger partial charge in [0.1, 0.15) is 0 Å². The number of nitrogens with zero attached hydrogens (tertiary/aromatic N) is 2. The van der Waals surface area contributed by atoms with Gasteiger partial charge in [-0.3, -0.25) is 0 Å². The van der Waals surface area contributed by atoms with Crippen LogP contribution in [-0.2, 0) is 12.0 Å². The van der Waals surface area contributed by atoms with E-state index in [1.807, 2.05) is 11.3 Å². The van der Waals surface area contributed by atoms with Crippen LogP contribution in [0.25, 0.3) is 0 Å². The third-order valence-corrected chi connectivity index (χ3v) is 5.01. The van der Waals surface area contributed by atoms with E-state index in [9.17, 15) is 0 Å². The molecule has 4 heteroatoms. The highest BCUT2D eigenvalue weighted by molar-refractivity contribution is 7.15. The van der Waals surface area contributed by atoms with Gasteiger partial charge < -0.3 is 10.2 Å². The molecule has 0 aliphatic heterocycles. The van der Waals surface area contributed by atoms with E-state index in [0.29, 0.717) is 0 Å². The summed E-state index contributed by atoms with van der Waals surface area (Å²) >= 11 is 1.91. The van der Waals surface area contributed by atoms with Gasteiger partial charge >= 0.3 is 0 Å². The van der Waals surface area contributed by atoms with Gasteiger partial charge in [-0.15, -0.1) is 11.3 Å². The molecular weight excluding hydrogens is 278 g/mol. The highest BCUT2D eigenvalue weighted by Crippen LogP contribution is 2.38. The number of hydrogen-bond acceptors (Lipinski definition) is 4. The zero-order valence-electron chi connectivity index (χ0n) is 14.3. The molecule has 120 valence electrons. The standard InChI is InChI=1S/C17H31N3S/c1-6-8-11-20(13-9-10-13)16-19-15(17(3,4)5)14(21-16)12-18-7-2/h13,18H,6-12H2,1-5H3. The zero-order valence-corrected chi connectivity index (χ0v) is 15.1. The van der Waals surface area contributed by atoms with E-state index in [1.54, 1.807) is 0 Å². The molecule has 1 fully saturated rings. The molecule has 1 N–H and O–H groups in total. The molecule has 1 saturated carbocycles. The van der Waals surface area contributed by atoms with Gasteiger partial charge in [0.05, 0.1) is 5.69 Å². The second-order valence-electron chi connectivity index (χ2n) is 7.08. The van der Waals surface area contributed by atoms with Crippen molar-refractivity contribution in [2.75, 3.05) is 18.0 Å². The lowest BCUT2D eigenvalue weighted by Gasteiger charge is -2.21. The van der Waals surface area contributed by atoms with Crippen molar-refractivity contribution in [3.63, 3.8) is 0 Å². The number of unbranched alkanes of at least 4 members (excludes halogenated alkanes) is 1. The fourth-order valence-electron chi connectivity index (χ4n) is 2.56. The minimum atomic E-state index is 0.124. The van der Waals surface area contributed by atoms with E-state index >= 15 is 0 Å². The Morgan fingerprint density at radius 3 is 2.52 bits per heavy atom. The highest BCUT2D eigenvalue weighted by Gasteiger charge is 2.32. The van der Waals surface area contributed by atoms with Gasteiger partial charge in [0.25, 0.3) is 0 Å². The van der Waals surface area contributed by atoms with Crippen molar-refractivity contribution in [2.24, 2.45) is 0 Å². The monoisotopic (exact) mass is 309 g/mol. The molecule has 0 bridgehead atoms. The van der Waals surface area contributed by atoms with Crippen LogP contribution >= 0.6 is 11.3 Å². The first-order valence-electron chi connectivity index (χ1n) is 8.44. The van der Waals surface area contributed by atoms with Crippen molar-refractivity contribution in [3.05, 3.63) is 10.6 Å². The minimum Gasteiger partial charge on any atom is -0.345 e. The average molecular weight is 310 g/mol. The molecule has 0 amide bonds. The Bertz CT molecular complexity index is 443. The Labute approximate surface area is 134 Å². The minimum absolute atomic E-state index is 0.124. The number of rotatable bonds is 8. The summed E-state index contributed by atoms with van der Waals surface area (Å²) in [6, 6.07) is 0.752. The van der Waals surface area contributed by atoms with Crippen molar-refractivity contribution >= 4 is 16.5 Å². The molecule has 3 nitrogen and oxygen atoms in total. The largest absolute Gasteiger partial charge is 0.345 e. The van der Waals surface area contributed by atoms with Crippen LogP contribution < -0.4 is 10.2 Å². The third-order valence-electron chi connectivity index (χ3n) is 3.92. The second kappa shape index (κ2) is 7.10. The van der Waals surface area contributed by atoms with Crippen molar-refractivity contribution in [2.45, 2.75) is 78.3 Å². The van der Waals surface area contributed by atoms with Gasteiger partial charge in [-0.25, -0.2) is 4.98 Å². The zero-order chi connectivity index (χ0) is 15.5. The van der Waals surface area contributed by atoms with Crippen LogP contribution in [0.2, 0.25) is 0 Å². The molecular formula is C17H31N3S. The lowest BCUT2D eigenvalue weighted by molar-refractivity contribution is 0.559. The lowest BCUT2D eigenvalue weighted by atomic mass is 9.91. The van der Waals surface area contributed by atoms with Crippen molar-refractivity contribution in [1.82, 2.24) is 10.3 Å². The first-order chi connectivity index (χ1) is 9.97. The van der Waals surface area contributed by atoms with Crippen molar-refractivity contribution in [3.8, 4) is 0 Å². The third kappa shape index (κ3) is 4.43. The maximum absolute atomic E-state index is 5.05. The van der Waals surface area contributed by atoms with E-state index in [0.717, 1.165) is 19.1 Å². The van der Waals surface area contributed by atoms with Crippen LogP contribution in [0.3, 0.4) is 0 Å². The number of nitrogens with one attached hydrogen (secondary N) is 1. The molecule has 1 aromatic rings. The van der Waals surface area contributed by atoms with Gasteiger partial charge in [0.2, 0.25) is 0 Å². The first-order valence-corrected chi connectivity index (χ1v) is 9.26. The molecule has 0 unspecified atom stereocenters. The fourth-order valence-corrected chi connectivity index (χ4v) is 3.89. The molecule has 0 atom stereocenters. The molecule has 2 rings (SSSR count). The van der Waals surface area contributed by atoms with E-state index < -0.39 is 0 Å². The van der Waals surface area contributed by atoms with E-state index in [2.05, 4.69) is 44.8 Å². The van der Waals surface area contributed by atoms with Gasteiger partial charge in [-0.05, 0) is 25.8 Å². The Morgan fingerprint density at radius 2 is 2.00 bits per heavy atom. The van der Waals surface area contributed by atoms with E-state index in [-0.39, 0.29) is 5.41 Å². The number of anilines is 1. The maximum Gasteiger partial charge on any atom is 0.186 e. The molecule has 21 heavy (non-hydrogen) atoms. The molecule has 1 aromatic heterocycles. The summed E-state index contributed by atoms with van der Waals surface area (Å²) in [6.45, 7) is 14.4. The van der Waals surface area contributed by atoms with Crippen LogP contribution in [0.5, 0.6) is 0 Å². The molecule has 1 heterocycles. The maximum atomic E-state index is 5.05. The summed E-state index contributed by atoms with van der Waals surface area (Å²) in [5.41, 5.74) is 1.41. The Kier molecular flexibility index (Phi) is 5.67. The van der Waals surface area contributed by atoms with Crippen LogP contribution in [0, 0.1) is 0 Å². The van der Waals surface area contributed by atoms with Gasteiger partial charge in [-0.1, -0.05) is 41.0 Å². The summed E-state index contributed by atoms with van der Waals surface area (Å²) in [4.78, 5) is 9.04. The highest BCUT2D eigenvalue weighted by atomic mass is 32.1. The molecule has 1 aliphatic carbocycles. The topological polar surface area (TPSA) is 28.2 Å². The summed E-state index contributed by atoms with van der Waals surface area (Å²) in [7, 11) is 0. The molecule has 0 spiro atoms. The summed E-state index contributed by atoms with van der Waals surface area (Å²) in [5, 5.41) is 4.72. The molecule has 0 saturated heterocycles. The Hall–Kier alpha value is -0.610. The van der Waals surface area contributed by atoms with Gasteiger partial charge in [0.15, 0.2) is 5.13 Å². The predicted molar refractivity (Wildman–Crippen MR) is 93.5 cm³/mol. The summed E-state index contributed by atoms with van der Waals surface area (Å²) in [5.74, 6) is 0. The quantitative estimate of drug-likeness (QED) is 0.775. The second-order valence-corrected chi connectivity index (χ2v) is 8.14. The number of thiazole rings is 1. The van der Waals surface area contributed by atoms with Crippen LogP contribution in [-0.4, -0.2) is 24.1 Å². The van der Waals surface area contributed by atoms with Crippen LogP contribution in [0.4, 0.5) is 5.13 Å². The van der Waals surface area contributed by atoms with Crippen molar-refractivity contribution in [1.29, 1.82) is 0 Å². The lowest BCUT2D eigenvalue weighted by Crippen LogP contribution is -2.27. The summed E-state index contributed by atoms with van der Waals surface area (Å²) in [6.07, 6.45) is 5.21. The Balaban J connectivity index is 2.23. The van der Waals surface area contributed by atoms with Gasteiger partial charge in [-0.2, -0.15) is 0 Å². The van der Waals surface area contributed by atoms with E-state index in [1.165, 1.54) is 47.9 Å². The fraction of sp³-hybridized carbons (Fsp3) is 0.824. The van der Waals surface area contributed by atoms with Crippen molar-refractivity contribution < 1.29 is 0 Å². The summed E-state index contributed by atoms with van der Waals surface area (Å²) < 4.78 is 0. The predicted octanol–water partition coefficient (Wildman–Crippen LogP) is 4.32. The smallest absolute Gasteiger partial charge is 0.186 e. The Morgan fingerprint density at radius 1 is 1.29 bits per heavy atom. The van der Waals surface area contributed by atoms with Crippen LogP contribution in [0.1, 0.15) is 70.9 Å². The number of hydrogen-bond donors (Lipinski definition) is 1. The normalized spacial score (nSPS) is 15.5. The SMILES string of the molecule is CCCCN(c1nc(C(C)(C)C)c(CNCC)s1)C1CC1. The first kappa shape index (κ1) is 16.8. The average Bonchev–Trinajstić information content (AvgIpc) is 3.15. The van der Waals surface area contributed by atoms with E-state index in [4.69, 9.17) is 4.98 Å².